The lowest BCUT2D eigenvalue weighted by Gasteiger charge is -2.10. The van der Waals surface area contributed by atoms with Crippen molar-refractivity contribution in [2.75, 3.05) is 7.11 Å². The van der Waals surface area contributed by atoms with Crippen LogP contribution < -0.4 is 4.74 Å². The molecule has 2 rings (SSSR count). The lowest BCUT2D eigenvalue weighted by molar-refractivity contribution is -0.106. The van der Waals surface area contributed by atoms with E-state index in [4.69, 9.17) is 14.6 Å². The predicted molar refractivity (Wildman–Crippen MR) is 104 cm³/mol. The Hall–Kier alpha value is -2.55. The van der Waals surface area contributed by atoms with E-state index in [1.54, 1.807) is 7.11 Å². The number of aliphatic hydroxyl groups excluding tert-OH is 1. The van der Waals surface area contributed by atoms with Crippen LogP contribution in [0.25, 0.3) is 11.1 Å². The third-order valence-corrected chi connectivity index (χ3v) is 3.90. The number of hydrogen-bond acceptors (Lipinski definition) is 3. The summed E-state index contributed by atoms with van der Waals surface area (Å²) in [6.07, 6.45) is 5.36. The second-order valence-electron chi connectivity index (χ2n) is 5.94. The van der Waals surface area contributed by atoms with E-state index in [1.165, 1.54) is 47.9 Å². The van der Waals surface area contributed by atoms with E-state index in [0.29, 0.717) is 0 Å². The molecule has 0 fully saturated rings. The fourth-order valence-electron chi connectivity index (χ4n) is 2.55. The summed E-state index contributed by atoms with van der Waals surface area (Å²) in [6.45, 7) is 7.31. The maximum atomic E-state index is 9.16. The Kier molecular flexibility index (Phi) is 9.09. The first kappa shape index (κ1) is 20.5. The normalized spacial score (nSPS) is 9.72. The van der Waals surface area contributed by atoms with E-state index in [0.717, 1.165) is 5.75 Å². The van der Waals surface area contributed by atoms with Gasteiger partial charge in [-0.3, -0.25) is 4.79 Å². The van der Waals surface area contributed by atoms with Crippen LogP contribution in [0.3, 0.4) is 0 Å². The SMILES string of the molecule is C=C(O)C=O.CCCCCc1ccc(-c2ccc(OC)cc2)c(C)c1. The molecule has 2 aromatic carbocycles. The zero-order valence-corrected chi connectivity index (χ0v) is 15.4. The number of hydrogen-bond donors (Lipinski definition) is 1. The summed E-state index contributed by atoms with van der Waals surface area (Å²) in [6, 6.07) is 15.1. The van der Waals surface area contributed by atoms with Crippen LogP contribution in [0.15, 0.2) is 54.8 Å². The second kappa shape index (κ2) is 11.1. The van der Waals surface area contributed by atoms with Gasteiger partial charge in [-0.2, -0.15) is 0 Å². The molecule has 0 spiro atoms. The van der Waals surface area contributed by atoms with Crippen molar-refractivity contribution in [1.82, 2.24) is 0 Å². The summed E-state index contributed by atoms with van der Waals surface area (Å²) in [5.41, 5.74) is 5.37. The lowest BCUT2D eigenvalue weighted by atomic mass is 9.96. The molecular weight excluding hydrogens is 312 g/mol. The molecule has 0 aromatic heterocycles. The molecule has 2 aromatic rings. The van der Waals surface area contributed by atoms with Crippen LogP contribution in [0, 0.1) is 6.92 Å². The number of rotatable bonds is 7. The van der Waals surface area contributed by atoms with Crippen molar-refractivity contribution < 1.29 is 14.6 Å². The van der Waals surface area contributed by atoms with Gasteiger partial charge in [0.25, 0.3) is 0 Å². The third kappa shape index (κ3) is 7.25. The fourth-order valence-corrected chi connectivity index (χ4v) is 2.55. The monoisotopic (exact) mass is 340 g/mol. The molecule has 0 aliphatic carbocycles. The van der Waals surface area contributed by atoms with E-state index in [1.807, 2.05) is 12.1 Å². The van der Waals surface area contributed by atoms with Gasteiger partial charge in [0.15, 0.2) is 6.29 Å². The number of benzene rings is 2. The van der Waals surface area contributed by atoms with Crippen LogP contribution >= 0.6 is 0 Å². The van der Waals surface area contributed by atoms with Crippen molar-refractivity contribution in [2.45, 2.75) is 39.5 Å². The topological polar surface area (TPSA) is 46.5 Å². The van der Waals surface area contributed by atoms with Crippen molar-refractivity contribution in [3.05, 3.63) is 65.9 Å². The van der Waals surface area contributed by atoms with Gasteiger partial charge in [0.1, 0.15) is 11.5 Å². The molecule has 134 valence electrons. The van der Waals surface area contributed by atoms with E-state index in [2.05, 4.69) is 50.8 Å². The number of methoxy groups -OCH3 is 1. The Morgan fingerprint density at radius 3 is 2.28 bits per heavy atom. The van der Waals surface area contributed by atoms with Crippen molar-refractivity contribution >= 4 is 6.29 Å². The first-order valence-corrected chi connectivity index (χ1v) is 8.58. The minimum absolute atomic E-state index is 0.278. The van der Waals surface area contributed by atoms with Crippen molar-refractivity contribution in [2.24, 2.45) is 0 Å². The van der Waals surface area contributed by atoms with Crippen molar-refractivity contribution in [3.63, 3.8) is 0 Å². The number of ether oxygens (including phenoxy) is 1. The Balaban J connectivity index is 0.000000550. The Morgan fingerprint density at radius 1 is 1.16 bits per heavy atom. The van der Waals surface area contributed by atoms with Crippen molar-refractivity contribution in [3.8, 4) is 16.9 Å². The van der Waals surface area contributed by atoms with Gasteiger partial charge in [-0.05, 0) is 54.2 Å². The molecule has 0 saturated heterocycles. The molecular formula is C22H28O3. The maximum absolute atomic E-state index is 9.16. The van der Waals surface area contributed by atoms with Gasteiger partial charge in [0.2, 0.25) is 0 Å². The zero-order valence-electron chi connectivity index (χ0n) is 15.4. The number of aliphatic hydroxyl groups is 1. The predicted octanol–water partition coefficient (Wildman–Crippen LogP) is 5.66. The number of carbonyl (C=O) groups is 1. The van der Waals surface area contributed by atoms with E-state index >= 15 is 0 Å². The highest BCUT2D eigenvalue weighted by atomic mass is 16.5. The second-order valence-corrected chi connectivity index (χ2v) is 5.94. The lowest BCUT2D eigenvalue weighted by Crippen LogP contribution is -1.90. The number of carbonyl (C=O) groups excluding carboxylic acids is 1. The Labute approximate surface area is 151 Å². The third-order valence-electron chi connectivity index (χ3n) is 3.90. The van der Waals surface area contributed by atoms with Gasteiger partial charge in [0.05, 0.1) is 7.11 Å². The summed E-state index contributed by atoms with van der Waals surface area (Å²) in [7, 11) is 1.70. The van der Waals surface area contributed by atoms with Crippen LogP contribution in [0.1, 0.15) is 37.3 Å². The first-order valence-electron chi connectivity index (χ1n) is 8.58. The summed E-state index contributed by atoms with van der Waals surface area (Å²) in [4.78, 5) is 9.16. The Morgan fingerprint density at radius 2 is 1.80 bits per heavy atom. The smallest absolute Gasteiger partial charge is 0.183 e. The van der Waals surface area contributed by atoms with Gasteiger partial charge in [-0.1, -0.05) is 56.7 Å². The molecule has 25 heavy (non-hydrogen) atoms. The van der Waals surface area contributed by atoms with Crippen LogP contribution in [0.4, 0.5) is 0 Å². The number of aldehydes is 1. The van der Waals surface area contributed by atoms with Gasteiger partial charge in [-0.25, -0.2) is 0 Å². The average molecular weight is 340 g/mol. The molecule has 0 saturated carbocycles. The highest BCUT2D eigenvalue weighted by molar-refractivity contribution is 5.68. The molecule has 0 aliphatic rings. The highest BCUT2D eigenvalue weighted by Crippen LogP contribution is 2.26. The minimum atomic E-state index is -0.426. The largest absolute Gasteiger partial charge is 0.505 e. The average Bonchev–Trinajstić information content (AvgIpc) is 2.63. The summed E-state index contributed by atoms with van der Waals surface area (Å²) < 4.78 is 5.21. The molecule has 0 amide bonds. The van der Waals surface area contributed by atoms with E-state index in [-0.39, 0.29) is 6.29 Å². The Bertz CT molecular complexity index is 672. The minimum Gasteiger partial charge on any atom is -0.505 e. The zero-order chi connectivity index (χ0) is 18.7. The van der Waals surface area contributed by atoms with Crippen LogP contribution in [0.2, 0.25) is 0 Å². The van der Waals surface area contributed by atoms with Gasteiger partial charge < -0.3 is 9.84 Å². The number of allylic oxidation sites excluding steroid dienone is 1. The highest BCUT2D eigenvalue weighted by Gasteiger charge is 2.03. The summed E-state index contributed by atoms with van der Waals surface area (Å²) >= 11 is 0. The molecule has 1 N–H and O–H groups in total. The molecule has 0 unspecified atom stereocenters. The summed E-state index contributed by atoms with van der Waals surface area (Å²) in [5.74, 6) is 0.479. The van der Waals surface area contributed by atoms with Crippen LogP contribution in [-0.2, 0) is 11.2 Å². The standard InChI is InChI=1S/C19H24O.C3H4O2/c1-4-5-6-7-16-8-13-19(15(2)14-16)17-9-11-18(20-3)12-10-17;1-3(5)2-4/h8-14H,4-7H2,1-3H3;2,5H,1H2. The van der Waals surface area contributed by atoms with Crippen LogP contribution in [0.5, 0.6) is 5.75 Å². The fraction of sp³-hybridized carbons (Fsp3) is 0.318. The van der Waals surface area contributed by atoms with E-state index in [9.17, 15) is 0 Å². The molecule has 0 aliphatic heterocycles. The van der Waals surface area contributed by atoms with Gasteiger partial charge >= 0.3 is 0 Å². The molecule has 0 atom stereocenters. The first-order chi connectivity index (χ1) is 12.0. The van der Waals surface area contributed by atoms with Crippen LogP contribution in [-0.4, -0.2) is 18.5 Å². The molecule has 0 bridgehead atoms. The molecule has 3 nitrogen and oxygen atoms in total. The maximum Gasteiger partial charge on any atom is 0.183 e. The number of aryl methyl sites for hydroxylation is 2. The summed E-state index contributed by atoms with van der Waals surface area (Å²) in [5, 5.41) is 7.80. The van der Waals surface area contributed by atoms with E-state index < -0.39 is 5.76 Å². The number of unbranched alkanes of at least 4 members (excludes halogenated alkanes) is 2. The molecule has 3 heteroatoms. The van der Waals surface area contributed by atoms with Gasteiger partial charge in [-0.15, -0.1) is 0 Å². The quantitative estimate of drug-likeness (QED) is 0.306. The van der Waals surface area contributed by atoms with Gasteiger partial charge in [0, 0.05) is 0 Å². The molecule has 0 radical (unpaired) electrons. The van der Waals surface area contributed by atoms with Crippen molar-refractivity contribution in [1.29, 1.82) is 0 Å². The molecule has 0 heterocycles.